The number of carbonyl (C=O) groups is 1. The number of hydrogen-bond acceptors (Lipinski definition) is 8. The molecule has 0 amide bonds. The molecular formula is C10H3Cl2N3O6S. The molecule has 2 aromatic rings. The van der Waals surface area contributed by atoms with Crippen LogP contribution in [0.5, 0.6) is 5.75 Å². The highest BCUT2D eigenvalue weighted by atomic mass is 35.5. The molecule has 22 heavy (non-hydrogen) atoms. The average Bonchev–Trinajstić information content (AvgIpc) is 2.79. The minimum absolute atomic E-state index is 0.100. The van der Waals surface area contributed by atoms with Gasteiger partial charge in [0.15, 0.2) is 10.0 Å². The molecule has 0 unspecified atom stereocenters. The smallest absolute Gasteiger partial charge is 0.357 e. The second kappa shape index (κ2) is 6.22. The molecule has 0 N–H and O–H groups in total. The fraction of sp³-hybridized carbons (Fsp3) is 0. The summed E-state index contributed by atoms with van der Waals surface area (Å²) in [6.07, 6.45) is 0. The molecular weight excluding hydrogens is 361 g/mol. The molecule has 1 aromatic carbocycles. The summed E-state index contributed by atoms with van der Waals surface area (Å²) in [7, 11) is 0. The Morgan fingerprint density at radius 1 is 1.23 bits per heavy atom. The normalized spacial score (nSPS) is 10.3. The summed E-state index contributed by atoms with van der Waals surface area (Å²) < 4.78 is 8.47. The van der Waals surface area contributed by atoms with Crippen LogP contribution in [0.4, 0.5) is 11.4 Å². The second-order valence-electron chi connectivity index (χ2n) is 3.67. The second-order valence-corrected chi connectivity index (χ2v) is 5.18. The predicted octanol–water partition coefficient (Wildman–Crippen LogP) is 3.49. The van der Waals surface area contributed by atoms with Crippen molar-refractivity contribution in [1.82, 2.24) is 4.37 Å². The Bertz CT molecular complexity index is 793. The Balaban J connectivity index is 2.37. The largest absolute Gasteiger partial charge is 0.415 e. The Kier molecular flexibility index (Phi) is 4.54. The summed E-state index contributed by atoms with van der Waals surface area (Å²) in [5, 5.41) is 21.3. The number of aromatic nitrogens is 1. The van der Waals surface area contributed by atoms with Crippen molar-refractivity contribution < 1.29 is 19.4 Å². The zero-order valence-corrected chi connectivity index (χ0v) is 12.5. The van der Waals surface area contributed by atoms with Crippen LogP contribution in [0.1, 0.15) is 9.67 Å². The lowest BCUT2D eigenvalue weighted by atomic mass is 10.2. The first-order valence-corrected chi connectivity index (χ1v) is 6.80. The Morgan fingerprint density at radius 2 is 1.91 bits per heavy atom. The summed E-state index contributed by atoms with van der Waals surface area (Å²) in [5.41, 5.74) is -1.24. The van der Waals surface area contributed by atoms with Gasteiger partial charge < -0.3 is 4.74 Å². The number of nitro benzene ring substituents is 2. The van der Waals surface area contributed by atoms with Crippen LogP contribution in [0.2, 0.25) is 10.2 Å². The number of rotatable bonds is 4. The van der Waals surface area contributed by atoms with Crippen molar-refractivity contribution in [2.24, 2.45) is 0 Å². The van der Waals surface area contributed by atoms with Gasteiger partial charge in [-0.25, -0.2) is 4.79 Å². The van der Waals surface area contributed by atoms with Crippen LogP contribution in [0.15, 0.2) is 18.2 Å². The van der Waals surface area contributed by atoms with Crippen LogP contribution in [-0.2, 0) is 0 Å². The lowest BCUT2D eigenvalue weighted by Gasteiger charge is -2.03. The summed E-state index contributed by atoms with van der Waals surface area (Å²) >= 11 is 12.0. The van der Waals surface area contributed by atoms with E-state index in [2.05, 4.69) is 4.37 Å². The average molecular weight is 364 g/mol. The fourth-order valence-corrected chi connectivity index (χ4v) is 2.46. The maximum absolute atomic E-state index is 11.9. The summed E-state index contributed by atoms with van der Waals surface area (Å²) in [6.45, 7) is 0. The van der Waals surface area contributed by atoms with E-state index in [0.717, 1.165) is 12.1 Å². The maximum Gasteiger partial charge on any atom is 0.357 e. The van der Waals surface area contributed by atoms with Gasteiger partial charge >= 0.3 is 11.7 Å². The van der Waals surface area contributed by atoms with Gasteiger partial charge in [0.1, 0.15) is 5.02 Å². The predicted molar refractivity (Wildman–Crippen MR) is 76.8 cm³/mol. The van der Waals surface area contributed by atoms with Crippen LogP contribution in [0.3, 0.4) is 0 Å². The first kappa shape index (κ1) is 16.1. The molecule has 0 bridgehead atoms. The maximum atomic E-state index is 11.9. The number of nitrogens with zero attached hydrogens (tertiary/aromatic N) is 3. The molecule has 0 radical (unpaired) electrons. The fourth-order valence-electron chi connectivity index (χ4n) is 1.38. The quantitative estimate of drug-likeness (QED) is 0.352. The van der Waals surface area contributed by atoms with E-state index in [9.17, 15) is 25.0 Å². The Hall–Kier alpha value is -2.30. The first-order chi connectivity index (χ1) is 10.3. The number of benzene rings is 1. The van der Waals surface area contributed by atoms with Crippen LogP contribution in [-0.4, -0.2) is 20.2 Å². The van der Waals surface area contributed by atoms with Crippen LogP contribution >= 0.6 is 34.7 Å². The van der Waals surface area contributed by atoms with E-state index in [1.807, 2.05) is 0 Å². The number of hydrogen-bond donors (Lipinski definition) is 0. The molecule has 0 spiro atoms. The first-order valence-electron chi connectivity index (χ1n) is 5.27. The van der Waals surface area contributed by atoms with Gasteiger partial charge in [-0.3, -0.25) is 20.2 Å². The van der Waals surface area contributed by atoms with Crippen molar-refractivity contribution in [2.75, 3.05) is 0 Å². The van der Waals surface area contributed by atoms with Crippen LogP contribution in [0, 0.1) is 20.2 Å². The van der Waals surface area contributed by atoms with Crippen molar-refractivity contribution in [2.45, 2.75) is 0 Å². The van der Waals surface area contributed by atoms with E-state index in [4.69, 9.17) is 27.9 Å². The van der Waals surface area contributed by atoms with Gasteiger partial charge in [0, 0.05) is 6.07 Å². The zero-order valence-electron chi connectivity index (χ0n) is 10.2. The van der Waals surface area contributed by atoms with E-state index < -0.39 is 32.9 Å². The standard InChI is InChI=1S/C10H3Cl2N3O6S/c11-7-8(22-13-9(7)12)10(16)21-6-2-1-4(14(17)18)3-5(6)15(19)20/h1-3H. The molecule has 0 aliphatic rings. The molecule has 9 nitrogen and oxygen atoms in total. The van der Waals surface area contributed by atoms with Gasteiger partial charge in [-0.2, -0.15) is 4.37 Å². The van der Waals surface area contributed by atoms with E-state index in [1.165, 1.54) is 0 Å². The molecule has 0 aliphatic carbocycles. The highest BCUT2D eigenvalue weighted by Crippen LogP contribution is 2.34. The van der Waals surface area contributed by atoms with Crippen LogP contribution in [0.25, 0.3) is 0 Å². The molecule has 1 heterocycles. The van der Waals surface area contributed by atoms with Crippen molar-refractivity contribution in [3.05, 3.63) is 53.5 Å². The monoisotopic (exact) mass is 363 g/mol. The highest BCUT2D eigenvalue weighted by molar-refractivity contribution is 7.09. The van der Waals surface area contributed by atoms with Gasteiger partial charge in [-0.1, -0.05) is 23.2 Å². The molecule has 12 heteroatoms. The topological polar surface area (TPSA) is 125 Å². The minimum Gasteiger partial charge on any atom is -0.415 e. The zero-order chi connectivity index (χ0) is 16.4. The summed E-state index contributed by atoms with van der Waals surface area (Å²) in [5.74, 6) is -1.47. The lowest BCUT2D eigenvalue weighted by Crippen LogP contribution is -2.08. The Labute approximate surface area is 135 Å². The molecule has 0 atom stereocenters. The number of non-ortho nitro benzene ring substituents is 1. The minimum atomic E-state index is -1.01. The van der Waals surface area contributed by atoms with E-state index >= 15 is 0 Å². The number of esters is 1. The summed E-state index contributed by atoms with van der Waals surface area (Å²) in [4.78, 5) is 31.6. The molecule has 0 saturated heterocycles. The van der Waals surface area contributed by atoms with Crippen molar-refractivity contribution in [3.8, 4) is 5.75 Å². The van der Waals surface area contributed by atoms with Gasteiger partial charge in [-0.15, -0.1) is 0 Å². The SMILES string of the molecule is O=C(Oc1ccc([N+](=O)[O-])cc1[N+](=O)[O-])c1snc(Cl)c1Cl. The van der Waals surface area contributed by atoms with Gasteiger partial charge in [-0.05, 0) is 17.6 Å². The Morgan fingerprint density at radius 3 is 2.41 bits per heavy atom. The number of halogens is 2. The van der Waals surface area contributed by atoms with Gasteiger partial charge in [0.05, 0.1) is 15.9 Å². The number of nitro groups is 2. The molecule has 2 rings (SSSR count). The molecule has 0 fully saturated rings. The lowest BCUT2D eigenvalue weighted by molar-refractivity contribution is -0.394. The number of ether oxygens (including phenoxy) is 1. The molecule has 114 valence electrons. The van der Waals surface area contributed by atoms with E-state index in [-0.39, 0.29) is 15.1 Å². The third kappa shape index (κ3) is 3.13. The molecule has 1 aromatic heterocycles. The van der Waals surface area contributed by atoms with Gasteiger partial charge in [0.2, 0.25) is 5.75 Å². The number of carbonyl (C=O) groups excluding carboxylic acids is 1. The molecule has 0 saturated carbocycles. The highest BCUT2D eigenvalue weighted by Gasteiger charge is 2.25. The third-order valence-electron chi connectivity index (χ3n) is 2.34. The van der Waals surface area contributed by atoms with Crippen molar-refractivity contribution in [1.29, 1.82) is 0 Å². The van der Waals surface area contributed by atoms with Crippen molar-refractivity contribution in [3.63, 3.8) is 0 Å². The summed E-state index contributed by atoms with van der Waals surface area (Å²) in [6, 6.07) is 2.60. The third-order valence-corrected chi connectivity index (χ3v) is 4.11. The van der Waals surface area contributed by atoms with Gasteiger partial charge in [0.25, 0.3) is 5.69 Å². The van der Waals surface area contributed by atoms with Crippen molar-refractivity contribution >= 4 is 52.1 Å². The van der Waals surface area contributed by atoms with E-state index in [1.54, 1.807) is 0 Å². The van der Waals surface area contributed by atoms with E-state index in [0.29, 0.717) is 17.6 Å². The van der Waals surface area contributed by atoms with Crippen LogP contribution < -0.4 is 4.74 Å². The molecule has 0 aliphatic heterocycles.